The van der Waals surface area contributed by atoms with Crippen LogP contribution in [0.25, 0.3) is 10.2 Å². The van der Waals surface area contributed by atoms with Gasteiger partial charge in [-0.25, -0.2) is 9.78 Å². The Labute approximate surface area is 169 Å². The summed E-state index contributed by atoms with van der Waals surface area (Å²) in [7, 11) is 0. The monoisotopic (exact) mass is 409 g/mol. The minimum Gasteiger partial charge on any atom is -0.454 e. The second-order valence-corrected chi connectivity index (χ2v) is 7.38. The van der Waals surface area contributed by atoms with Crippen LogP contribution in [0.3, 0.4) is 0 Å². The van der Waals surface area contributed by atoms with E-state index in [1.165, 1.54) is 30.4 Å². The fourth-order valence-corrected chi connectivity index (χ4v) is 3.89. The Bertz CT molecular complexity index is 1090. The highest BCUT2D eigenvalue weighted by Gasteiger charge is 2.41. The molecule has 0 unspecified atom stereocenters. The van der Waals surface area contributed by atoms with Crippen LogP contribution in [0, 0.1) is 0 Å². The van der Waals surface area contributed by atoms with Gasteiger partial charge >= 0.3 is 5.97 Å². The van der Waals surface area contributed by atoms with Crippen LogP contribution in [0.15, 0.2) is 48.5 Å². The van der Waals surface area contributed by atoms with Crippen LogP contribution < -0.4 is 5.32 Å². The van der Waals surface area contributed by atoms with Gasteiger partial charge < -0.3 is 4.74 Å². The topological polar surface area (TPSA) is 106 Å². The lowest BCUT2D eigenvalue weighted by atomic mass is 10.1. The SMILES string of the molecule is C[C@@H](C(=O)OCC(=O)Nc1nc2ccccc2s1)N1C(=O)c2ccccc2C1=O. The summed E-state index contributed by atoms with van der Waals surface area (Å²) >= 11 is 1.30. The van der Waals surface area contributed by atoms with Gasteiger partial charge in [0.1, 0.15) is 6.04 Å². The summed E-state index contributed by atoms with van der Waals surface area (Å²) in [4.78, 5) is 54.4. The molecule has 2 aromatic carbocycles. The van der Waals surface area contributed by atoms with Gasteiger partial charge in [0, 0.05) is 0 Å². The third kappa shape index (κ3) is 3.47. The van der Waals surface area contributed by atoms with E-state index in [1.54, 1.807) is 12.1 Å². The first-order valence-corrected chi connectivity index (χ1v) is 9.56. The van der Waals surface area contributed by atoms with Gasteiger partial charge in [-0.1, -0.05) is 35.6 Å². The van der Waals surface area contributed by atoms with E-state index in [0.717, 1.165) is 15.1 Å². The third-order valence-corrected chi connectivity index (χ3v) is 5.39. The Balaban J connectivity index is 1.36. The summed E-state index contributed by atoms with van der Waals surface area (Å²) in [5.74, 6) is -2.53. The molecule has 29 heavy (non-hydrogen) atoms. The second kappa shape index (κ2) is 7.44. The number of carbonyl (C=O) groups excluding carboxylic acids is 4. The third-order valence-electron chi connectivity index (χ3n) is 4.44. The maximum absolute atomic E-state index is 12.4. The van der Waals surface area contributed by atoms with Crippen LogP contribution >= 0.6 is 11.3 Å². The van der Waals surface area contributed by atoms with E-state index in [1.807, 2.05) is 24.3 Å². The molecule has 9 heteroatoms. The normalized spacial score (nSPS) is 14.0. The molecule has 0 aliphatic carbocycles. The fourth-order valence-electron chi connectivity index (χ4n) is 3.00. The number of imide groups is 1. The minimum absolute atomic E-state index is 0.241. The number of esters is 1. The number of hydrogen-bond acceptors (Lipinski definition) is 7. The molecule has 3 aromatic rings. The van der Waals surface area contributed by atoms with E-state index in [0.29, 0.717) is 5.13 Å². The van der Waals surface area contributed by atoms with Crippen LogP contribution in [-0.4, -0.2) is 46.2 Å². The highest BCUT2D eigenvalue weighted by Crippen LogP contribution is 2.26. The number of nitrogens with one attached hydrogen (secondary N) is 1. The highest BCUT2D eigenvalue weighted by atomic mass is 32.1. The first-order chi connectivity index (χ1) is 14.0. The van der Waals surface area contributed by atoms with Crippen molar-refractivity contribution in [2.45, 2.75) is 13.0 Å². The number of aromatic nitrogens is 1. The fraction of sp³-hybridized carbons (Fsp3) is 0.150. The van der Waals surface area contributed by atoms with Crippen molar-refractivity contribution in [2.24, 2.45) is 0 Å². The predicted molar refractivity (Wildman–Crippen MR) is 106 cm³/mol. The summed E-state index contributed by atoms with van der Waals surface area (Å²) in [6, 6.07) is 12.6. The smallest absolute Gasteiger partial charge is 0.329 e. The highest BCUT2D eigenvalue weighted by molar-refractivity contribution is 7.22. The molecule has 0 fully saturated rings. The molecule has 2 heterocycles. The maximum atomic E-state index is 12.4. The van der Waals surface area contributed by atoms with Crippen molar-refractivity contribution in [3.05, 3.63) is 59.7 Å². The number of benzene rings is 2. The molecule has 0 saturated carbocycles. The number of nitrogens with zero attached hydrogens (tertiary/aromatic N) is 2. The van der Waals surface area contributed by atoms with Crippen LogP contribution in [0.1, 0.15) is 27.6 Å². The molecule has 0 spiro atoms. The quantitative estimate of drug-likeness (QED) is 0.513. The van der Waals surface area contributed by atoms with Gasteiger partial charge in [0.15, 0.2) is 11.7 Å². The van der Waals surface area contributed by atoms with Crippen molar-refractivity contribution in [2.75, 3.05) is 11.9 Å². The molecular weight excluding hydrogens is 394 g/mol. The number of hydrogen-bond donors (Lipinski definition) is 1. The number of para-hydroxylation sites is 1. The summed E-state index contributed by atoms with van der Waals surface area (Å²) in [6.07, 6.45) is 0. The number of rotatable bonds is 5. The van der Waals surface area contributed by atoms with Gasteiger partial charge in [-0.15, -0.1) is 0 Å². The van der Waals surface area contributed by atoms with Crippen molar-refractivity contribution in [3.63, 3.8) is 0 Å². The molecule has 0 bridgehead atoms. The number of ether oxygens (including phenoxy) is 1. The summed E-state index contributed by atoms with van der Waals surface area (Å²) < 4.78 is 5.92. The van der Waals surface area contributed by atoms with E-state index in [9.17, 15) is 19.2 Å². The number of fused-ring (bicyclic) bond motifs is 2. The summed E-state index contributed by atoms with van der Waals surface area (Å²) in [6.45, 7) is 0.831. The van der Waals surface area contributed by atoms with Crippen molar-refractivity contribution >= 4 is 50.4 Å². The van der Waals surface area contributed by atoms with Gasteiger partial charge in [0.25, 0.3) is 17.7 Å². The van der Waals surface area contributed by atoms with Gasteiger partial charge in [0.05, 0.1) is 21.3 Å². The zero-order valence-electron chi connectivity index (χ0n) is 15.2. The second-order valence-electron chi connectivity index (χ2n) is 6.34. The predicted octanol–water partition coefficient (Wildman–Crippen LogP) is 2.46. The lowest BCUT2D eigenvalue weighted by Crippen LogP contribution is -2.44. The molecule has 1 aliphatic rings. The molecule has 0 saturated heterocycles. The molecule has 146 valence electrons. The van der Waals surface area contributed by atoms with Crippen LogP contribution in [-0.2, 0) is 14.3 Å². The standard InChI is InChI=1S/C20H15N3O5S/c1-11(23-17(25)12-6-2-3-7-13(12)18(23)26)19(27)28-10-16(24)22-20-21-14-8-4-5-9-15(14)29-20/h2-9,11H,10H2,1H3,(H,21,22,24)/t11-/m0/s1. The lowest BCUT2D eigenvalue weighted by Gasteiger charge is -2.20. The van der Waals surface area contributed by atoms with Gasteiger partial charge in [-0.3, -0.25) is 24.6 Å². The lowest BCUT2D eigenvalue weighted by molar-refractivity contribution is -0.150. The number of anilines is 1. The Morgan fingerprint density at radius 3 is 2.34 bits per heavy atom. The minimum atomic E-state index is -1.15. The average Bonchev–Trinajstić information content (AvgIpc) is 3.24. The van der Waals surface area contributed by atoms with E-state index >= 15 is 0 Å². The Morgan fingerprint density at radius 1 is 1.07 bits per heavy atom. The van der Waals surface area contributed by atoms with Crippen LogP contribution in [0.4, 0.5) is 5.13 Å². The van der Waals surface area contributed by atoms with Crippen molar-refractivity contribution in [1.82, 2.24) is 9.88 Å². The maximum Gasteiger partial charge on any atom is 0.329 e. The van der Waals surface area contributed by atoms with E-state index in [2.05, 4.69) is 10.3 Å². The van der Waals surface area contributed by atoms with Crippen LogP contribution in [0.5, 0.6) is 0 Å². The van der Waals surface area contributed by atoms with E-state index in [4.69, 9.17) is 4.74 Å². The molecule has 1 N–H and O–H groups in total. The van der Waals surface area contributed by atoms with Crippen molar-refractivity contribution in [3.8, 4) is 0 Å². The number of thiazole rings is 1. The largest absolute Gasteiger partial charge is 0.454 e. The molecule has 0 radical (unpaired) electrons. The average molecular weight is 409 g/mol. The van der Waals surface area contributed by atoms with E-state index in [-0.39, 0.29) is 11.1 Å². The summed E-state index contributed by atoms with van der Waals surface area (Å²) in [5.41, 5.74) is 1.24. The Hall–Kier alpha value is -3.59. The summed E-state index contributed by atoms with van der Waals surface area (Å²) in [5, 5.41) is 2.96. The van der Waals surface area contributed by atoms with Crippen molar-refractivity contribution in [1.29, 1.82) is 0 Å². The van der Waals surface area contributed by atoms with Gasteiger partial charge in [0.2, 0.25) is 0 Å². The molecule has 1 aliphatic heterocycles. The number of amides is 3. The van der Waals surface area contributed by atoms with Crippen molar-refractivity contribution < 1.29 is 23.9 Å². The Morgan fingerprint density at radius 2 is 1.69 bits per heavy atom. The molecular formula is C20H15N3O5S. The first-order valence-electron chi connectivity index (χ1n) is 8.74. The van der Waals surface area contributed by atoms with Gasteiger partial charge in [-0.2, -0.15) is 0 Å². The Kier molecular flexibility index (Phi) is 4.81. The first kappa shape index (κ1) is 18.8. The molecule has 1 atom stereocenters. The zero-order valence-corrected chi connectivity index (χ0v) is 16.1. The van der Waals surface area contributed by atoms with E-state index < -0.39 is 36.3 Å². The molecule has 8 nitrogen and oxygen atoms in total. The van der Waals surface area contributed by atoms with Gasteiger partial charge in [-0.05, 0) is 31.2 Å². The molecule has 4 rings (SSSR count). The van der Waals surface area contributed by atoms with Crippen LogP contribution in [0.2, 0.25) is 0 Å². The zero-order chi connectivity index (χ0) is 20.5. The molecule has 3 amide bonds. The number of carbonyl (C=O) groups is 4. The molecule has 1 aromatic heterocycles.